The van der Waals surface area contributed by atoms with Crippen molar-refractivity contribution in [3.63, 3.8) is 0 Å². The molecule has 0 radical (unpaired) electrons. The molecule has 1 fully saturated rings. The third kappa shape index (κ3) is 1.21. The van der Waals surface area contributed by atoms with Crippen molar-refractivity contribution < 1.29 is 20.1 Å². The molecule has 4 nitrogen and oxygen atoms in total. The minimum absolute atomic E-state index is 0.117. The highest BCUT2D eigenvalue weighted by atomic mass is 16.5. The minimum atomic E-state index is -0.921. The molecule has 0 bridgehead atoms. The van der Waals surface area contributed by atoms with Gasteiger partial charge in [0, 0.05) is 0 Å². The van der Waals surface area contributed by atoms with E-state index >= 15 is 0 Å². The maximum Gasteiger partial charge on any atom is 0.110 e. The Labute approximate surface area is 52.7 Å². The third-order valence-corrected chi connectivity index (χ3v) is 1.44. The Hall–Kier alpha value is -0.160. The molecule has 1 saturated heterocycles. The molecule has 1 aliphatic rings. The summed E-state index contributed by atoms with van der Waals surface area (Å²) in [7, 11) is 0. The first-order chi connectivity index (χ1) is 4.25. The fraction of sp³-hybridized carbons (Fsp3) is 1.00. The molecular weight excluding hydrogens is 124 g/mol. The van der Waals surface area contributed by atoms with Crippen LogP contribution in [0.25, 0.3) is 0 Å². The molecule has 4 heteroatoms. The van der Waals surface area contributed by atoms with Gasteiger partial charge in [0.05, 0.1) is 13.2 Å². The molecule has 0 aliphatic carbocycles. The van der Waals surface area contributed by atoms with Crippen LogP contribution in [0.3, 0.4) is 0 Å². The number of hydrogen-bond acceptors (Lipinski definition) is 4. The van der Waals surface area contributed by atoms with Crippen LogP contribution in [0.2, 0.25) is 0 Å². The minimum Gasteiger partial charge on any atom is -0.394 e. The highest BCUT2D eigenvalue weighted by Crippen LogP contribution is 2.12. The number of aliphatic hydroxyl groups is 3. The zero-order valence-corrected chi connectivity index (χ0v) is 4.90. The summed E-state index contributed by atoms with van der Waals surface area (Å²) in [4.78, 5) is 0. The lowest BCUT2D eigenvalue weighted by Gasteiger charge is -2.10. The maximum atomic E-state index is 8.92. The molecule has 1 unspecified atom stereocenters. The summed E-state index contributed by atoms with van der Waals surface area (Å²) in [6.07, 6.45) is -2.35. The van der Waals surface area contributed by atoms with Gasteiger partial charge in [-0.05, 0) is 0 Å². The SMILES string of the molecule is OC[C@H]1OC[C@H](O)C1O. The van der Waals surface area contributed by atoms with Gasteiger partial charge in [-0.2, -0.15) is 0 Å². The van der Waals surface area contributed by atoms with Crippen LogP contribution in [0.5, 0.6) is 0 Å². The monoisotopic (exact) mass is 134 g/mol. The van der Waals surface area contributed by atoms with Crippen LogP contribution in [0.4, 0.5) is 0 Å². The van der Waals surface area contributed by atoms with Gasteiger partial charge in [0.25, 0.3) is 0 Å². The van der Waals surface area contributed by atoms with Gasteiger partial charge < -0.3 is 20.1 Å². The van der Waals surface area contributed by atoms with Gasteiger partial charge in [-0.1, -0.05) is 0 Å². The van der Waals surface area contributed by atoms with E-state index in [1.807, 2.05) is 0 Å². The molecule has 9 heavy (non-hydrogen) atoms. The Balaban J connectivity index is 2.41. The molecule has 3 atom stereocenters. The maximum absolute atomic E-state index is 8.92. The van der Waals surface area contributed by atoms with Crippen LogP contribution in [-0.4, -0.2) is 46.8 Å². The Morgan fingerprint density at radius 2 is 2.11 bits per heavy atom. The molecule has 0 aromatic rings. The van der Waals surface area contributed by atoms with Gasteiger partial charge in [-0.15, -0.1) is 0 Å². The van der Waals surface area contributed by atoms with E-state index in [0.29, 0.717) is 0 Å². The smallest absolute Gasteiger partial charge is 0.110 e. The van der Waals surface area contributed by atoms with Crippen molar-refractivity contribution in [3.05, 3.63) is 0 Å². The van der Waals surface area contributed by atoms with Gasteiger partial charge in [0.1, 0.15) is 18.3 Å². The average molecular weight is 134 g/mol. The summed E-state index contributed by atoms with van der Waals surface area (Å²) in [6, 6.07) is 0. The summed E-state index contributed by atoms with van der Waals surface area (Å²) in [5.74, 6) is 0. The molecule has 1 aliphatic heterocycles. The molecule has 0 aromatic heterocycles. The predicted octanol–water partition coefficient (Wildman–Crippen LogP) is -1.90. The van der Waals surface area contributed by atoms with Crippen LogP contribution < -0.4 is 0 Å². The first kappa shape index (κ1) is 6.95. The molecule has 3 N–H and O–H groups in total. The van der Waals surface area contributed by atoms with E-state index < -0.39 is 18.3 Å². The van der Waals surface area contributed by atoms with E-state index in [-0.39, 0.29) is 13.2 Å². The van der Waals surface area contributed by atoms with E-state index in [2.05, 4.69) is 0 Å². The third-order valence-electron chi connectivity index (χ3n) is 1.44. The normalized spacial score (nSPS) is 43.7. The van der Waals surface area contributed by atoms with E-state index in [4.69, 9.17) is 20.1 Å². The summed E-state index contributed by atoms with van der Waals surface area (Å²) < 4.78 is 4.78. The lowest BCUT2D eigenvalue weighted by atomic mass is 10.2. The van der Waals surface area contributed by atoms with E-state index in [9.17, 15) is 0 Å². The fourth-order valence-corrected chi connectivity index (χ4v) is 0.828. The van der Waals surface area contributed by atoms with Crippen molar-refractivity contribution in [3.8, 4) is 0 Å². The molecular formula is C5H10O4. The summed E-state index contributed by atoms with van der Waals surface area (Å²) in [5, 5.41) is 26.2. The van der Waals surface area contributed by atoms with Gasteiger partial charge in [0.15, 0.2) is 0 Å². The Bertz CT molecular complexity index is 95.0. The highest BCUT2D eigenvalue weighted by molar-refractivity contribution is 4.81. The number of aliphatic hydroxyl groups excluding tert-OH is 3. The van der Waals surface area contributed by atoms with Crippen molar-refractivity contribution in [1.82, 2.24) is 0 Å². The van der Waals surface area contributed by atoms with Crippen LogP contribution in [-0.2, 0) is 4.74 Å². The highest BCUT2D eigenvalue weighted by Gasteiger charge is 2.33. The van der Waals surface area contributed by atoms with E-state index in [1.54, 1.807) is 0 Å². The van der Waals surface area contributed by atoms with Gasteiger partial charge in [-0.3, -0.25) is 0 Å². The van der Waals surface area contributed by atoms with Crippen LogP contribution in [0.1, 0.15) is 0 Å². The lowest BCUT2D eigenvalue weighted by molar-refractivity contribution is -0.00588. The average Bonchev–Trinajstić information content (AvgIpc) is 2.15. The summed E-state index contributed by atoms with van der Waals surface area (Å²) in [5.41, 5.74) is 0. The number of rotatable bonds is 1. The van der Waals surface area contributed by atoms with Gasteiger partial charge >= 0.3 is 0 Å². The number of hydrogen-bond donors (Lipinski definition) is 3. The molecule has 0 amide bonds. The second-order valence-electron chi connectivity index (χ2n) is 2.11. The quantitative estimate of drug-likeness (QED) is 0.392. The Morgan fingerprint density at radius 1 is 1.44 bits per heavy atom. The predicted molar refractivity (Wildman–Crippen MR) is 28.8 cm³/mol. The van der Waals surface area contributed by atoms with Crippen molar-refractivity contribution in [2.45, 2.75) is 18.3 Å². The molecule has 0 aromatic carbocycles. The second-order valence-corrected chi connectivity index (χ2v) is 2.11. The van der Waals surface area contributed by atoms with Gasteiger partial charge in [-0.25, -0.2) is 0 Å². The van der Waals surface area contributed by atoms with E-state index in [1.165, 1.54) is 0 Å². The van der Waals surface area contributed by atoms with E-state index in [0.717, 1.165) is 0 Å². The summed E-state index contributed by atoms with van der Waals surface area (Å²) >= 11 is 0. The summed E-state index contributed by atoms with van der Waals surface area (Å²) in [6.45, 7) is -0.120. The van der Waals surface area contributed by atoms with Gasteiger partial charge in [0.2, 0.25) is 0 Å². The van der Waals surface area contributed by atoms with Crippen LogP contribution >= 0.6 is 0 Å². The Morgan fingerprint density at radius 3 is 2.33 bits per heavy atom. The molecule has 0 spiro atoms. The molecule has 54 valence electrons. The van der Waals surface area contributed by atoms with Crippen LogP contribution in [0.15, 0.2) is 0 Å². The van der Waals surface area contributed by atoms with Crippen molar-refractivity contribution in [1.29, 1.82) is 0 Å². The van der Waals surface area contributed by atoms with Crippen molar-refractivity contribution in [2.24, 2.45) is 0 Å². The molecule has 0 saturated carbocycles. The zero-order valence-electron chi connectivity index (χ0n) is 4.90. The standard InChI is InChI=1S/C5H10O4/c6-1-4-5(8)3(7)2-9-4/h3-8H,1-2H2/t3-,4+,5?/m0/s1. The fourth-order valence-electron chi connectivity index (χ4n) is 0.828. The largest absolute Gasteiger partial charge is 0.394 e. The second kappa shape index (κ2) is 2.62. The Kier molecular flexibility index (Phi) is 2.02. The van der Waals surface area contributed by atoms with Crippen molar-refractivity contribution in [2.75, 3.05) is 13.2 Å². The van der Waals surface area contributed by atoms with Crippen molar-refractivity contribution >= 4 is 0 Å². The lowest BCUT2D eigenvalue weighted by Crippen LogP contribution is -2.31. The number of ether oxygens (including phenoxy) is 1. The van der Waals surface area contributed by atoms with Crippen LogP contribution in [0, 0.1) is 0 Å². The topological polar surface area (TPSA) is 69.9 Å². The molecule has 1 rings (SSSR count). The first-order valence-corrected chi connectivity index (χ1v) is 2.84. The zero-order chi connectivity index (χ0) is 6.85. The molecule has 1 heterocycles. The first-order valence-electron chi connectivity index (χ1n) is 2.84.